The number of hydrogen-bond acceptors (Lipinski definition) is 6. The number of likely N-dealkylation sites (N-methyl/N-ethyl adjacent to an activating group) is 1. The summed E-state index contributed by atoms with van der Waals surface area (Å²) < 4.78 is 27.9. The third-order valence-corrected chi connectivity index (χ3v) is 8.76. The van der Waals surface area contributed by atoms with Crippen LogP contribution in [0.5, 0.6) is 0 Å². The van der Waals surface area contributed by atoms with Gasteiger partial charge in [-0.3, -0.25) is 4.79 Å². The molecule has 0 unspecified atom stereocenters. The molecule has 7 nitrogen and oxygen atoms in total. The summed E-state index contributed by atoms with van der Waals surface area (Å²) in [5.41, 5.74) is 1.65. The van der Waals surface area contributed by atoms with Crippen LogP contribution in [0.25, 0.3) is 10.2 Å². The van der Waals surface area contributed by atoms with Crippen molar-refractivity contribution in [2.45, 2.75) is 30.7 Å². The van der Waals surface area contributed by atoms with Crippen LogP contribution < -0.4 is 5.32 Å². The van der Waals surface area contributed by atoms with E-state index in [4.69, 9.17) is 0 Å². The van der Waals surface area contributed by atoms with Crippen molar-refractivity contribution in [1.82, 2.24) is 14.2 Å². The number of anilines is 1. The van der Waals surface area contributed by atoms with Crippen molar-refractivity contribution in [3.63, 3.8) is 0 Å². The van der Waals surface area contributed by atoms with Gasteiger partial charge in [-0.2, -0.15) is 4.31 Å². The first-order valence-electron chi connectivity index (χ1n) is 10.3. The van der Waals surface area contributed by atoms with E-state index in [1.165, 1.54) is 4.31 Å². The Morgan fingerprint density at radius 1 is 1.16 bits per heavy atom. The van der Waals surface area contributed by atoms with Gasteiger partial charge in [0.05, 0.1) is 27.7 Å². The maximum absolute atomic E-state index is 12.7. The van der Waals surface area contributed by atoms with Crippen LogP contribution in [0, 0.1) is 0 Å². The first kappa shape index (κ1) is 21.7. The fraction of sp³-hybridized carbons (Fsp3) is 0.364. The maximum Gasteiger partial charge on any atom is 0.243 e. The molecule has 0 aliphatic carbocycles. The molecule has 1 fully saturated rings. The largest absolute Gasteiger partial charge is 0.376 e. The zero-order valence-corrected chi connectivity index (χ0v) is 19.2. The number of carbonyl (C=O) groups is 1. The molecule has 0 radical (unpaired) electrons. The molecule has 1 atom stereocenters. The monoisotopic (exact) mass is 458 g/mol. The number of rotatable bonds is 7. The van der Waals surface area contributed by atoms with Crippen LogP contribution in [0.2, 0.25) is 0 Å². The molecule has 1 aliphatic heterocycles. The number of amides is 1. The zero-order chi connectivity index (χ0) is 22.0. The Hall–Kier alpha value is -2.49. The van der Waals surface area contributed by atoms with Gasteiger partial charge in [0.15, 0.2) is 0 Å². The van der Waals surface area contributed by atoms with E-state index in [0.717, 1.165) is 28.1 Å². The van der Waals surface area contributed by atoms with Crippen LogP contribution in [0.15, 0.2) is 53.4 Å². The summed E-state index contributed by atoms with van der Waals surface area (Å²) in [6, 6.07) is 14.4. The lowest BCUT2D eigenvalue weighted by Crippen LogP contribution is -2.34. The predicted molar refractivity (Wildman–Crippen MR) is 124 cm³/mol. The van der Waals surface area contributed by atoms with E-state index in [9.17, 15) is 13.2 Å². The molecule has 31 heavy (non-hydrogen) atoms. The highest BCUT2D eigenvalue weighted by Gasteiger charge is 2.27. The number of sulfonamides is 1. The number of benzene rings is 2. The lowest BCUT2D eigenvalue weighted by atomic mass is 10.3. The van der Waals surface area contributed by atoms with Gasteiger partial charge in [0.1, 0.15) is 5.01 Å². The topological polar surface area (TPSA) is 82.6 Å². The van der Waals surface area contributed by atoms with E-state index in [1.807, 2.05) is 31.2 Å². The van der Waals surface area contributed by atoms with E-state index in [1.54, 1.807) is 47.5 Å². The Morgan fingerprint density at radius 3 is 2.52 bits per heavy atom. The first-order chi connectivity index (χ1) is 14.9. The molecular formula is C22H26N4O3S2. The molecule has 3 aromatic rings. The Labute approximate surface area is 186 Å². The van der Waals surface area contributed by atoms with Gasteiger partial charge in [-0.05, 0) is 56.2 Å². The molecule has 1 N–H and O–H groups in total. The summed E-state index contributed by atoms with van der Waals surface area (Å²) in [5.74, 6) is -0.0690. The molecule has 0 saturated carbocycles. The average molecular weight is 459 g/mol. The van der Waals surface area contributed by atoms with E-state index >= 15 is 0 Å². The minimum absolute atomic E-state index is 0.0690. The van der Waals surface area contributed by atoms with Crippen LogP contribution in [0.1, 0.15) is 30.8 Å². The molecule has 2 heterocycles. The Balaban J connectivity index is 1.36. The van der Waals surface area contributed by atoms with Crippen molar-refractivity contribution in [3.05, 3.63) is 53.5 Å². The number of aromatic nitrogens is 1. The highest BCUT2D eigenvalue weighted by atomic mass is 32.2. The fourth-order valence-corrected chi connectivity index (χ4v) is 6.15. The maximum atomic E-state index is 12.7. The molecule has 164 valence electrons. The zero-order valence-electron chi connectivity index (χ0n) is 17.6. The average Bonchev–Trinajstić information content (AvgIpc) is 3.47. The highest BCUT2D eigenvalue weighted by molar-refractivity contribution is 7.89. The van der Waals surface area contributed by atoms with Crippen molar-refractivity contribution in [3.8, 4) is 0 Å². The molecular weight excluding hydrogens is 432 g/mol. The van der Waals surface area contributed by atoms with Crippen LogP contribution in [0.4, 0.5) is 5.69 Å². The molecule has 1 aliphatic rings. The second-order valence-electron chi connectivity index (χ2n) is 7.69. The number of fused-ring (bicyclic) bond motifs is 1. The SMILES string of the molecule is C[C@H](c1nc2ccccc2s1)N(C)C(=O)CNc1ccc(S(=O)(=O)N2CCCC2)cc1. The van der Waals surface area contributed by atoms with Crippen LogP contribution in [-0.4, -0.2) is 55.2 Å². The van der Waals surface area contributed by atoms with Crippen molar-refractivity contribution in [2.24, 2.45) is 0 Å². The highest BCUT2D eigenvalue weighted by Crippen LogP contribution is 2.29. The second-order valence-corrected chi connectivity index (χ2v) is 10.7. The minimum Gasteiger partial charge on any atom is -0.376 e. The van der Waals surface area contributed by atoms with Gasteiger partial charge in [0.2, 0.25) is 15.9 Å². The number of nitrogens with zero attached hydrogens (tertiary/aromatic N) is 3. The summed E-state index contributed by atoms with van der Waals surface area (Å²) in [7, 11) is -1.66. The van der Waals surface area contributed by atoms with E-state index < -0.39 is 10.0 Å². The molecule has 0 bridgehead atoms. The minimum atomic E-state index is -3.43. The van der Waals surface area contributed by atoms with E-state index in [2.05, 4.69) is 10.3 Å². The van der Waals surface area contributed by atoms with Crippen molar-refractivity contribution in [1.29, 1.82) is 0 Å². The molecule has 0 spiro atoms. The number of nitrogens with one attached hydrogen (secondary N) is 1. The Bertz CT molecular complexity index is 1140. The van der Waals surface area contributed by atoms with Gasteiger partial charge in [0, 0.05) is 25.8 Å². The molecule has 2 aromatic carbocycles. The number of thiazole rings is 1. The molecule has 1 amide bonds. The van der Waals surface area contributed by atoms with Gasteiger partial charge in [-0.15, -0.1) is 11.3 Å². The summed E-state index contributed by atoms with van der Waals surface area (Å²) in [6.45, 7) is 3.24. The van der Waals surface area contributed by atoms with Gasteiger partial charge in [0.25, 0.3) is 0 Å². The van der Waals surface area contributed by atoms with Crippen molar-refractivity contribution in [2.75, 3.05) is 32.0 Å². The lowest BCUT2D eigenvalue weighted by molar-refractivity contribution is -0.129. The van der Waals surface area contributed by atoms with E-state index in [-0.39, 0.29) is 23.4 Å². The Morgan fingerprint density at radius 2 is 1.84 bits per heavy atom. The van der Waals surface area contributed by atoms with Crippen molar-refractivity contribution < 1.29 is 13.2 Å². The van der Waals surface area contributed by atoms with Gasteiger partial charge in [-0.25, -0.2) is 13.4 Å². The van der Waals surface area contributed by atoms with Gasteiger partial charge >= 0.3 is 0 Å². The lowest BCUT2D eigenvalue weighted by Gasteiger charge is -2.23. The molecule has 1 aromatic heterocycles. The summed E-state index contributed by atoms with van der Waals surface area (Å²) in [4.78, 5) is 19.3. The molecule has 4 rings (SSSR count). The normalized spacial score (nSPS) is 15.8. The third-order valence-electron chi connectivity index (χ3n) is 5.64. The summed E-state index contributed by atoms with van der Waals surface area (Å²) >= 11 is 1.59. The summed E-state index contributed by atoms with van der Waals surface area (Å²) in [6.07, 6.45) is 1.81. The number of hydrogen-bond donors (Lipinski definition) is 1. The summed E-state index contributed by atoms with van der Waals surface area (Å²) in [5, 5.41) is 3.99. The Kier molecular flexibility index (Phi) is 6.27. The smallest absolute Gasteiger partial charge is 0.243 e. The van der Waals surface area contributed by atoms with Gasteiger partial charge < -0.3 is 10.2 Å². The molecule has 9 heteroatoms. The predicted octanol–water partition coefficient (Wildman–Crippen LogP) is 3.71. The number of carbonyl (C=O) groups excluding carboxylic acids is 1. The second kappa shape index (κ2) is 8.94. The standard InChI is InChI=1S/C22H26N4O3S2/c1-16(22-24-19-7-3-4-8-20(19)30-22)25(2)21(27)15-23-17-9-11-18(12-10-17)31(28,29)26-13-5-6-14-26/h3-4,7-12,16,23H,5-6,13-15H2,1-2H3/t16-/m1/s1. The van der Waals surface area contributed by atoms with Crippen LogP contribution >= 0.6 is 11.3 Å². The number of para-hydroxylation sites is 1. The fourth-order valence-electron chi connectivity index (χ4n) is 3.58. The quantitative estimate of drug-likeness (QED) is 0.584. The molecule has 1 saturated heterocycles. The van der Waals surface area contributed by atoms with Crippen molar-refractivity contribution >= 4 is 43.2 Å². The van der Waals surface area contributed by atoms with Crippen LogP contribution in [0.3, 0.4) is 0 Å². The van der Waals surface area contributed by atoms with Gasteiger partial charge in [-0.1, -0.05) is 12.1 Å². The third kappa shape index (κ3) is 4.58. The first-order valence-corrected chi connectivity index (χ1v) is 12.6. The van der Waals surface area contributed by atoms with E-state index in [0.29, 0.717) is 18.8 Å². The van der Waals surface area contributed by atoms with Crippen LogP contribution in [-0.2, 0) is 14.8 Å².